The van der Waals surface area contributed by atoms with Crippen LogP contribution in [0.3, 0.4) is 0 Å². The first kappa shape index (κ1) is 11.4. The van der Waals surface area contributed by atoms with E-state index >= 15 is 0 Å². The van der Waals surface area contributed by atoms with Gasteiger partial charge in [-0.25, -0.2) is 4.98 Å². The minimum Gasteiger partial charge on any atom is -0.392 e. The first-order valence-electron chi connectivity index (χ1n) is 6.06. The molecule has 1 aromatic heterocycles. The maximum Gasteiger partial charge on any atom is 0.131 e. The number of aromatic nitrogens is 1. The van der Waals surface area contributed by atoms with Crippen molar-refractivity contribution in [2.75, 3.05) is 18.0 Å². The molecule has 0 aromatic carbocycles. The van der Waals surface area contributed by atoms with E-state index in [9.17, 15) is 0 Å². The van der Waals surface area contributed by atoms with Crippen molar-refractivity contribution < 1.29 is 5.11 Å². The van der Waals surface area contributed by atoms with Crippen LogP contribution in [-0.2, 0) is 6.61 Å². The van der Waals surface area contributed by atoms with Crippen LogP contribution in [0.2, 0.25) is 0 Å². The van der Waals surface area contributed by atoms with Crippen LogP contribution in [0.5, 0.6) is 0 Å². The van der Waals surface area contributed by atoms with Gasteiger partial charge in [0.1, 0.15) is 5.82 Å². The van der Waals surface area contributed by atoms with E-state index in [1.165, 1.54) is 18.4 Å². The van der Waals surface area contributed by atoms with E-state index in [1.54, 1.807) is 6.20 Å². The SMILES string of the molecule is CCC1CCN(c2ncc(CO)cc2C)C1. The van der Waals surface area contributed by atoms with Crippen LogP contribution in [0.4, 0.5) is 5.82 Å². The van der Waals surface area contributed by atoms with E-state index in [0.29, 0.717) is 0 Å². The zero-order valence-electron chi connectivity index (χ0n) is 10.1. The van der Waals surface area contributed by atoms with Crippen molar-refractivity contribution in [3.05, 3.63) is 23.4 Å². The predicted molar refractivity (Wildman–Crippen MR) is 65.5 cm³/mol. The minimum atomic E-state index is 0.0751. The quantitative estimate of drug-likeness (QED) is 0.847. The molecule has 1 fully saturated rings. The molecule has 1 atom stereocenters. The fourth-order valence-corrected chi connectivity index (χ4v) is 2.40. The maximum atomic E-state index is 9.04. The maximum absolute atomic E-state index is 9.04. The van der Waals surface area contributed by atoms with Gasteiger partial charge in [0.15, 0.2) is 0 Å². The summed E-state index contributed by atoms with van der Waals surface area (Å²) in [5.41, 5.74) is 2.07. The molecule has 88 valence electrons. The molecule has 1 aliphatic heterocycles. The summed E-state index contributed by atoms with van der Waals surface area (Å²) in [5, 5.41) is 9.04. The zero-order valence-corrected chi connectivity index (χ0v) is 10.1. The van der Waals surface area contributed by atoms with Crippen molar-refractivity contribution in [1.82, 2.24) is 4.98 Å². The standard InChI is InChI=1S/C13H20N2O/c1-3-11-4-5-15(8-11)13-10(2)6-12(9-16)7-14-13/h6-7,11,16H,3-5,8-9H2,1-2H3. The molecular formula is C13H20N2O. The molecule has 0 radical (unpaired) electrons. The number of hydrogen-bond donors (Lipinski definition) is 1. The van der Waals surface area contributed by atoms with Crippen molar-refractivity contribution in [3.63, 3.8) is 0 Å². The molecule has 1 saturated heterocycles. The lowest BCUT2D eigenvalue weighted by molar-refractivity contribution is 0.281. The van der Waals surface area contributed by atoms with Crippen LogP contribution in [-0.4, -0.2) is 23.2 Å². The van der Waals surface area contributed by atoms with Gasteiger partial charge in [0.05, 0.1) is 6.61 Å². The Labute approximate surface area is 97.1 Å². The molecular weight excluding hydrogens is 200 g/mol. The Morgan fingerprint density at radius 2 is 2.38 bits per heavy atom. The van der Waals surface area contributed by atoms with Gasteiger partial charge in [-0.2, -0.15) is 0 Å². The molecule has 1 aromatic rings. The van der Waals surface area contributed by atoms with Crippen molar-refractivity contribution in [3.8, 4) is 0 Å². The number of nitrogens with zero attached hydrogens (tertiary/aromatic N) is 2. The van der Waals surface area contributed by atoms with Crippen molar-refractivity contribution in [2.24, 2.45) is 5.92 Å². The summed E-state index contributed by atoms with van der Waals surface area (Å²) in [6.45, 7) is 6.64. The third-order valence-electron chi connectivity index (χ3n) is 3.45. The monoisotopic (exact) mass is 220 g/mol. The average molecular weight is 220 g/mol. The zero-order chi connectivity index (χ0) is 11.5. The van der Waals surface area contributed by atoms with Gasteiger partial charge in [0.2, 0.25) is 0 Å². The molecule has 0 amide bonds. The summed E-state index contributed by atoms with van der Waals surface area (Å²) >= 11 is 0. The number of aryl methyl sites for hydroxylation is 1. The number of anilines is 1. The van der Waals surface area contributed by atoms with Crippen molar-refractivity contribution in [2.45, 2.75) is 33.3 Å². The third kappa shape index (κ3) is 2.19. The Balaban J connectivity index is 2.15. The highest BCUT2D eigenvalue weighted by atomic mass is 16.3. The lowest BCUT2D eigenvalue weighted by Gasteiger charge is -2.19. The number of pyridine rings is 1. The van der Waals surface area contributed by atoms with Gasteiger partial charge < -0.3 is 10.0 Å². The molecule has 2 heterocycles. The largest absolute Gasteiger partial charge is 0.392 e. The second-order valence-corrected chi connectivity index (χ2v) is 4.65. The first-order valence-corrected chi connectivity index (χ1v) is 6.06. The summed E-state index contributed by atoms with van der Waals surface area (Å²) in [4.78, 5) is 6.83. The molecule has 0 saturated carbocycles. The molecule has 3 heteroatoms. The van der Waals surface area contributed by atoms with Gasteiger partial charge >= 0.3 is 0 Å². The molecule has 0 spiro atoms. The van der Waals surface area contributed by atoms with Gasteiger partial charge in [0, 0.05) is 19.3 Å². The topological polar surface area (TPSA) is 36.4 Å². The average Bonchev–Trinajstić information content (AvgIpc) is 2.77. The Morgan fingerprint density at radius 1 is 1.56 bits per heavy atom. The van der Waals surface area contributed by atoms with Gasteiger partial charge in [-0.3, -0.25) is 0 Å². The Morgan fingerprint density at radius 3 is 2.94 bits per heavy atom. The van der Waals surface area contributed by atoms with E-state index in [4.69, 9.17) is 5.11 Å². The van der Waals surface area contributed by atoms with E-state index < -0.39 is 0 Å². The Kier molecular flexibility index (Phi) is 3.44. The van der Waals surface area contributed by atoms with Gasteiger partial charge in [-0.15, -0.1) is 0 Å². The second kappa shape index (κ2) is 4.83. The van der Waals surface area contributed by atoms with Crippen LogP contribution in [0.25, 0.3) is 0 Å². The second-order valence-electron chi connectivity index (χ2n) is 4.65. The highest BCUT2D eigenvalue weighted by Gasteiger charge is 2.22. The summed E-state index contributed by atoms with van der Waals surface area (Å²) in [7, 11) is 0. The van der Waals surface area contributed by atoms with Crippen molar-refractivity contribution in [1.29, 1.82) is 0 Å². The molecule has 1 N–H and O–H groups in total. The highest BCUT2D eigenvalue weighted by Crippen LogP contribution is 2.26. The number of rotatable bonds is 3. The van der Waals surface area contributed by atoms with E-state index in [-0.39, 0.29) is 6.61 Å². The summed E-state index contributed by atoms with van der Waals surface area (Å²) in [5.74, 6) is 1.91. The number of hydrogen-bond acceptors (Lipinski definition) is 3. The number of aliphatic hydroxyl groups excluding tert-OH is 1. The van der Waals surface area contributed by atoms with Crippen LogP contribution in [0, 0.1) is 12.8 Å². The van der Waals surface area contributed by atoms with Gasteiger partial charge in [-0.1, -0.05) is 13.3 Å². The minimum absolute atomic E-state index is 0.0751. The van der Waals surface area contributed by atoms with Gasteiger partial charge in [0.25, 0.3) is 0 Å². The van der Waals surface area contributed by atoms with E-state index in [2.05, 4.69) is 23.7 Å². The molecule has 1 unspecified atom stereocenters. The molecule has 0 bridgehead atoms. The molecule has 1 aliphatic rings. The van der Waals surface area contributed by atoms with Gasteiger partial charge in [-0.05, 0) is 36.5 Å². The Hall–Kier alpha value is -1.09. The normalized spacial score (nSPS) is 20.4. The van der Waals surface area contributed by atoms with Crippen LogP contribution in [0.1, 0.15) is 30.9 Å². The summed E-state index contributed by atoms with van der Waals surface area (Å²) < 4.78 is 0. The van der Waals surface area contributed by atoms with Crippen molar-refractivity contribution >= 4 is 5.82 Å². The fourth-order valence-electron chi connectivity index (χ4n) is 2.40. The fraction of sp³-hybridized carbons (Fsp3) is 0.615. The highest BCUT2D eigenvalue weighted by molar-refractivity contribution is 5.48. The van der Waals surface area contributed by atoms with Crippen LogP contribution < -0.4 is 4.90 Å². The first-order chi connectivity index (χ1) is 7.74. The lowest BCUT2D eigenvalue weighted by Crippen LogP contribution is -2.21. The van der Waals surface area contributed by atoms with E-state index in [1.807, 2.05) is 6.07 Å². The predicted octanol–water partition coefficient (Wildman–Crippen LogP) is 2.12. The summed E-state index contributed by atoms with van der Waals surface area (Å²) in [6, 6.07) is 2.03. The Bertz CT molecular complexity index is 365. The summed E-state index contributed by atoms with van der Waals surface area (Å²) in [6.07, 6.45) is 4.31. The number of aliphatic hydroxyl groups is 1. The third-order valence-corrected chi connectivity index (χ3v) is 3.45. The van der Waals surface area contributed by atoms with E-state index in [0.717, 1.165) is 30.4 Å². The molecule has 0 aliphatic carbocycles. The molecule has 3 nitrogen and oxygen atoms in total. The van der Waals surface area contributed by atoms with Crippen LogP contribution in [0.15, 0.2) is 12.3 Å². The molecule has 2 rings (SSSR count). The molecule has 16 heavy (non-hydrogen) atoms. The lowest BCUT2D eigenvalue weighted by atomic mass is 10.1. The van der Waals surface area contributed by atoms with Crippen LogP contribution >= 0.6 is 0 Å². The smallest absolute Gasteiger partial charge is 0.131 e.